The smallest absolute Gasteiger partial charge is 0.0456 e. The second-order valence-electron chi connectivity index (χ2n) is 2.78. The van der Waals surface area contributed by atoms with E-state index in [1.807, 2.05) is 22.7 Å². The molecule has 13 heavy (non-hydrogen) atoms. The lowest BCUT2D eigenvalue weighted by molar-refractivity contribution is 1.95. The fourth-order valence-electron chi connectivity index (χ4n) is 1.38. The van der Waals surface area contributed by atoms with Gasteiger partial charge in [-0.25, -0.2) is 0 Å². The molecule has 3 aromatic heterocycles. The minimum Gasteiger partial charge on any atom is -0.150 e. The van der Waals surface area contributed by atoms with Crippen molar-refractivity contribution in [3.8, 4) is 10.4 Å². The van der Waals surface area contributed by atoms with Gasteiger partial charge in [-0.1, -0.05) is 6.07 Å². The second kappa shape index (κ2) is 2.94. The van der Waals surface area contributed by atoms with Crippen LogP contribution in [0.15, 0.2) is 33.7 Å². The number of thiophene rings is 3. The highest BCUT2D eigenvalue weighted by Gasteiger charge is 2.06. The van der Waals surface area contributed by atoms with Crippen LogP contribution in [0.4, 0.5) is 0 Å². The first-order valence-corrected chi connectivity index (χ1v) is 6.62. The van der Waals surface area contributed by atoms with Gasteiger partial charge in [0.2, 0.25) is 0 Å². The SMILES string of the molecule is c1csc(-c2csc3cscc23)c1. The Morgan fingerprint density at radius 3 is 2.85 bits per heavy atom. The predicted octanol–water partition coefficient (Wildman–Crippen LogP) is 4.69. The van der Waals surface area contributed by atoms with Crippen LogP contribution in [0.2, 0.25) is 0 Å². The Hall–Kier alpha value is -0.640. The summed E-state index contributed by atoms with van der Waals surface area (Å²) in [4.78, 5) is 1.38. The average Bonchev–Trinajstić information content (AvgIpc) is 2.79. The van der Waals surface area contributed by atoms with Crippen LogP contribution in [-0.2, 0) is 0 Å². The van der Waals surface area contributed by atoms with Crippen LogP contribution in [0.1, 0.15) is 0 Å². The van der Waals surface area contributed by atoms with Crippen molar-refractivity contribution in [2.24, 2.45) is 0 Å². The van der Waals surface area contributed by atoms with E-state index in [2.05, 4.69) is 33.7 Å². The van der Waals surface area contributed by atoms with Crippen molar-refractivity contribution in [2.75, 3.05) is 0 Å². The van der Waals surface area contributed by atoms with Gasteiger partial charge in [0.1, 0.15) is 0 Å². The molecule has 0 aliphatic carbocycles. The standard InChI is InChI=1S/C10H6S3/c1-2-9(12-3-1)8-5-13-10-6-11-4-7(8)10/h1-6H. The van der Waals surface area contributed by atoms with E-state index in [1.54, 1.807) is 11.3 Å². The highest BCUT2D eigenvalue weighted by Crippen LogP contribution is 2.37. The quantitative estimate of drug-likeness (QED) is 0.560. The van der Waals surface area contributed by atoms with E-state index in [4.69, 9.17) is 0 Å². The lowest BCUT2D eigenvalue weighted by Gasteiger charge is -1.89. The van der Waals surface area contributed by atoms with E-state index in [9.17, 15) is 0 Å². The topological polar surface area (TPSA) is 0 Å². The van der Waals surface area contributed by atoms with Crippen molar-refractivity contribution in [2.45, 2.75) is 0 Å². The lowest BCUT2D eigenvalue weighted by Crippen LogP contribution is -1.62. The van der Waals surface area contributed by atoms with Crippen LogP contribution >= 0.6 is 34.0 Å². The summed E-state index contributed by atoms with van der Waals surface area (Å²) in [6.07, 6.45) is 0. The minimum absolute atomic E-state index is 1.38. The van der Waals surface area contributed by atoms with Crippen LogP contribution < -0.4 is 0 Å². The molecular weight excluding hydrogens is 216 g/mol. The molecule has 0 aromatic carbocycles. The van der Waals surface area contributed by atoms with Gasteiger partial charge in [-0.15, -0.1) is 22.7 Å². The molecule has 3 aromatic rings. The van der Waals surface area contributed by atoms with Crippen LogP contribution in [0.25, 0.3) is 20.5 Å². The third-order valence-electron chi connectivity index (χ3n) is 2.01. The van der Waals surface area contributed by atoms with E-state index in [-0.39, 0.29) is 0 Å². The Kier molecular flexibility index (Phi) is 1.75. The Morgan fingerprint density at radius 1 is 1.00 bits per heavy atom. The van der Waals surface area contributed by atoms with Crippen molar-refractivity contribution in [1.29, 1.82) is 0 Å². The van der Waals surface area contributed by atoms with E-state index < -0.39 is 0 Å². The number of hydrogen-bond donors (Lipinski definition) is 0. The van der Waals surface area contributed by atoms with E-state index in [0.717, 1.165) is 0 Å². The Labute approximate surface area is 88.1 Å². The maximum Gasteiger partial charge on any atom is 0.0456 e. The molecule has 0 bridgehead atoms. The summed E-state index contributed by atoms with van der Waals surface area (Å²) < 4.78 is 1.41. The van der Waals surface area contributed by atoms with E-state index in [0.29, 0.717) is 0 Å². The highest BCUT2D eigenvalue weighted by atomic mass is 32.1. The maximum atomic E-state index is 2.25. The average molecular weight is 222 g/mol. The molecule has 0 fully saturated rings. The minimum atomic E-state index is 1.38. The molecule has 0 saturated carbocycles. The summed E-state index contributed by atoms with van der Waals surface area (Å²) in [6.45, 7) is 0. The van der Waals surface area contributed by atoms with Gasteiger partial charge in [0, 0.05) is 36.7 Å². The summed E-state index contributed by atoms with van der Waals surface area (Å²) in [5.74, 6) is 0. The molecule has 0 nitrogen and oxygen atoms in total. The van der Waals surface area contributed by atoms with E-state index in [1.165, 1.54) is 20.5 Å². The molecule has 3 heteroatoms. The first-order valence-electron chi connectivity index (χ1n) is 3.92. The third kappa shape index (κ3) is 1.15. The van der Waals surface area contributed by atoms with Gasteiger partial charge >= 0.3 is 0 Å². The van der Waals surface area contributed by atoms with Gasteiger partial charge in [0.25, 0.3) is 0 Å². The van der Waals surface area contributed by atoms with Gasteiger partial charge < -0.3 is 0 Å². The Morgan fingerprint density at radius 2 is 2.00 bits per heavy atom. The van der Waals surface area contributed by atoms with Gasteiger partial charge in [0.05, 0.1) is 0 Å². The molecule has 0 aliphatic heterocycles. The molecule has 64 valence electrons. The third-order valence-corrected chi connectivity index (χ3v) is 4.75. The number of fused-ring (bicyclic) bond motifs is 1. The summed E-state index contributed by atoms with van der Waals surface area (Å²) in [7, 11) is 0. The predicted molar refractivity (Wildman–Crippen MR) is 63.0 cm³/mol. The molecule has 0 unspecified atom stereocenters. The summed E-state index contributed by atoms with van der Waals surface area (Å²) in [5.41, 5.74) is 1.40. The summed E-state index contributed by atoms with van der Waals surface area (Å²) >= 11 is 5.43. The van der Waals surface area contributed by atoms with Crippen LogP contribution in [0.3, 0.4) is 0 Å². The molecule has 0 radical (unpaired) electrons. The second-order valence-corrected chi connectivity index (χ2v) is 5.38. The highest BCUT2D eigenvalue weighted by molar-refractivity contribution is 7.22. The molecule has 0 saturated heterocycles. The van der Waals surface area contributed by atoms with Crippen LogP contribution in [0, 0.1) is 0 Å². The normalized spacial score (nSPS) is 11.1. The summed E-state index contributed by atoms with van der Waals surface area (Å²) in [5, 5.41) is 10.3. The van der Waals surface area contributed by atoms with Gasteiger partial charge in [-0.3, -0.25) is 0 Å². The molecule has 0 atom stereocenters. The fourth-order valence-corrected chi connectivity index (χ4v) is 4.18. The van der Waals surface area contributed by atoms with Crippen LogP contribution in [0.5, 0.6) is 0 Å². The van der Waals surface area contributed by atoms with Crippen molar-refractivity contribution < 1.29 is 0 Å². The van der Waals surface area contributed by atoms with Crippen molar-refractivity contribution in [3.05, 3.63) is 33.7 Å². The molecule has 0 amide bonds. The van der Waals surface area contributed by atoms with Crippen molar-refractivity contribution in [1.82, 2.24) is 0 Å². The molecular formula is C10H6S3. The van der Waals surface area contributed by atoms with E-state index >= 15 is 0 Å². The fraction of sp³-hybridized carbons (Fsp3) is 0. The molecule has 0 aliphatic rings. The Balaban J connectivity index is 2.33. The first kappa shape index (κ1) is 7.74. The van der Waals surface area contributed by atoms with Crippen molar-refractivity contribution >= 4 is 44.1 Å². The van der Waals surface area contributed by atoms with Gasteiger partial charge in [-0.2, -0.15) is 11.3 Å². The van der Waals surface area contributed by atoms with Crippen LogP contribution in [-0.4, -0.2) is 0 Å². The number of hydrogen-bond acceptors (Lipinski definition) is 3. The zero-order valence-electron chi connectivity index (χ0n) is 6.69. The largest absolute Gasteiger partial charge is 0.150 e. The molecule has 3 rings (SSSR count). The Bertz CT molecular complexity index is 513. The molecule has 0 spiro atoms. The lowest BCUT2D eigenvalue weighted by atomic mass is 10.2. The summed E-state index contributed by atoms with van der Waals surface area (Å²) in [6, 6.07) is 4.29. The van der Waals surface area contributed by atoms with Gasteiger partial charge in [-0.05, 0) is 11.4 Å². The zero-order valence-corrected chi connectivity index (χ0v) is 9.14. The van der Waals surface area contributed by atoms with Gasteiger partial charge in [0.15, 0.2) is 0 Å². The van der Waals surface area contributed by atoms with Crippen molar-refractivity contribution in [3.63, 3.8) is 0 Å². The molecule has 3 heterocycles. The monoisotopic (exact) mass is 222 g/mol. The number of rotatable bonds is 1. The maximum absolute atomic E-state index is 2.25. The first-order chi connectivity index (χ1) is 6.45. The molecule has 0 N–H and O–H groups in total. The zero-order chi connectivity index (χ0) is 8.67.